The van der Waals surface area contributed by atoms with E-state index < -0.39 is 0 Å². The highest BCUT2D eigenvalue weighted by Crippen LogP contribution is 2.11. The van der Waals surface area contributed by atoms with Crippen molar-refractivity contribution in [1.29, 1.82) is 5.41 Å². The van der Waals surface area contributed by atoms with Gasteiger partial charge in [-0.2, -0.15) is 0 Å². The van der Waals surface area contributed by atoms with Gasteiger partial charge in [0.2, 0.25) is 0 Å². The maximum absolute atomic E-state index is 7.22. The third-order valence-electron chi connectivity index (χ3n) is 2.52. The Bertz CT molecular complexity index is 132. The monoisotopic (exact) mass is 184 g/mol. The first kappa shape index (κ1) is 12.5. The Morgan fingerprint density at radius 2 is 1.69 bits per heavy atom. The van der Waals surface area contributed by atoms with Crippen LogP contribution in [-0.4, -0.2) is 5.84 Å². The second-order valence-electron chi connectivity index (χ2n) is 3.91. The Morgan fingerprint density at radius 3 is 2.23 bits per heavy atom. The summed E-state index contributed by atoms with van der Waals surface area (Å²) in [5.41, 5.74) is 5.38. The molecule has 3 N–H and O–H groups in total. The van der Waals surface area contributed by atoms with E-state index in [9.17, 15) is 0 Å². The van der Waals surface area contributed by atoms with Crippen LogP contribution < -0.4 is 5.73 Å². The number of rotatable bonds is 8. The predicted molar refractivity (Wildman–Crippen MR) is 59.1 cm³/mol. The molecule has 0 aromatic carbocycles. The lowest BCUT2D eigenvalue weighted by molar-refractivity contribution is 0.553. The lowest BCUT2D eigenvalue weighted by atomic mass is 10.0. The fraction of sp³-hybridized carbons (Fsp3) is 0.909. The molecule has 0 fully saturated rings. The number of nitrogens with one attached hydrogen (secondary N) is 1. The molecular formula is C11H24N2. The van der Waals surface area contributed by atoms with Gasteiger partial charge in [0.25, 0.3) is 0 Å². The highest BCUT2D eigenvalue weighted by Gasteiger charge is 2.03. The Kier molecular flexibility index (Phi) is 7.76. The SMILES string of the molecule is CCCCCCCCC(C)C(=N)N. The molecule has 0 amide bonds. The predicted octanol–water partition coefficient (Wildman–Crippen LogP) is 3.31. The Hall–Kier alpha value is -0.530. The van der Waals surface area contributed by atoms with Gasteiger partial charge in [-0.15, -0.1) is 0 Å². The molecule has 0 aliphatic heterocycles. The second kappa shape index (κ2) is 8.09. The summed E-state index contributed by atoms with van der Waals surface area (Å²) in [5.74, 6) is 0.625. The minimum atomic E-state index is 0.283. The minimum absolute atomic E-state index is 0.283. The molecule has 0 aromatic heterocycles. The molecule has 0 spiro atoms. The van der Waals surface area contributed by atoms with Gasteiger partial charge in [-0.25, -0.2) is 0 Å². The normalized spacial score (nSPS) is 12.8. The van der Waals surface area contributed by atoms with Gasteiger partial charge in [-0.1, -0.05) is 52.4 Å². The van der Waals surface area contributed by atoms with Gasteiger partial charge in [0, 0.05) is 5.92 Å². The van der Waals surface area contributed by atoms with Crippen LogP contribution in [0.5, 0.6) is 0 Å². The van der Waals surface area contributed by atoms with E-state index in [1.807, 2.05) is 6.92 Å². The summed E-state index contributed by atoms with van der Waals surface area (Å²) in [6.45, 7) is 4.27. The first-order valence-electron chi connectivity index (χ1n) is 5.52. The van der Waals surface area contributed by atoms with Crippen molar-refractivity contribution in [2.45, 2.75) is 58.8 Å². The van der Waals surface area contributed by atoms with E-state index in [4.69, 9.17) is 11.1 Å². The first-order valence-corrected chi connectivity index (χ1v) is 5.52. The molecule has 2 heteroatoms. The van der Waals surface area contributed by atoms with Crippen molar-refractivity contribution >= 4 is 5.84 Å². The Labute approximate surface area is 82.4 Å². The molecule has 0 radical (unpaired) electrons. The zero-order valence-corrected chi connectivity index (χ0v) is 9.10. The van der Waals surface area contributed by atoms with Gasteiger partial charge in [-0.05, 0) is 6.42 Å². The lowest BCUT2D eigenvalue weighted by Gasteiger charge is -2.08. The number of hydrogen-bond acceptors (Lipinski definition) is 1. The molecule has 0 heterocycles. The van der Waals surface area contributed by atoms with E-state index in [0.717, 1.165) is 6.42 Å². The standard InChI is InChI=1S/C11H24N2/c1-3-4-5-6-7-8-9-10(2)11(12)13/h10H,3-9H2,1-2H3,(H3,12,13). The molecule has 13 heavy (non-hydrogen) atoms. The van der Waals surface area contributed by atoms with Crippen molar-refractivity contribution < 1.29 is 0 Å². The molecule has 1 atom stereocenters. The van der Waals surface area contributed by atoms with Crippen molar-refractivity contribution in [2.24, 2.45) is 11.7 Å². The average molecular weight is 184 g/mol. The van der Waals surface area contributed by atoms with Crippen LogP contribution in [0.2, 0.25) is 0 Å². The van der Waals surface area contributed by atoms with Crippen molar-refractivity contribution in [3.05, 3.63) is 0 Å². The van der Waals surface area contributed by atoms with Crippen molar-refractivity contribution in [3.63, 3.8) is 0 Å². The largest absolute Gasteiger partial charge is 0.387 e. The molecule has 0 aliphatic carbocycles. The third kappa shape index (κ3) is 7.82. The number of unbranched alkanes of at least 4 members (excludes halogenated alkanes) is 5. The zero-order chi connectivity index (χ0) is 10.1. The number of hydrogen-bond donors (Lipinski definition) is 2. The van der Waals surface area contributed by atoms with Crippen LogP contribution in [0.1, 0.15) is 58.8 Å². The van der Waals surface area contributed by atoms with Crippen molar-refractivity contribution in [3.8, 4) is 0 Å². The Balaban J connectivity index is 3.11. The molecule has 0 rings (SSSR count). The molecule has 0 aliphatic rings. The van der Waals surface area contributed by atoms with Crippen LogP contribution in [0, 0.1) is 11.3 Å². The van der Waals surface area contributed by atoms with E-state index in [1.54, 1.807) is 0 Å². The first-order chi connectivity index (χ1) is 6.18. The van der Waals surface area contributed by atoms with Gasteiger partial charge >= 0.3 is 0 Å². The summed E-state index contributed by atoms with van der Waals surface area (Å²) < 4.78 is 0. The third-order valence-corrected chi connectivity index (χ3v) is 2.52. The van der Waals surface area contributed by atoms with E-state index in [0.29, 0.717) is 5.84 Å². The molecule has 1 unspecified atom stereocenters. The summed E-state index contributed by atoms with van der Waals surface area (Å²) in [6, 6.07) is 0. The molecule has 0 aromatic rings. The van der Waals surface area contributed by atoms with E-state index in [-0.39, 0.29) is 5.92 Å². The lowest BCUT2D eigenvalue weighted by Crippen LogP contribution is -2.19. The zero-order valence-electron chi connectivity index (χ0n) is 9.10. The van der Waals surface area contributed by atoms with Gasteiger partial charge in [0.15, 0.2) is 0 Å². The van der Waals surface area contributed by atoms with Gasteiger partial charge in [-0.3, -0.25) is 5.41 Å². The smallest absolute Gasteiger partial charge is 0.0934 e. The Morgan fingerprint density at radius 1 is 1.15 bits per heavy atom. The van der Waals surface area contributed by atoms with Crippen LogP contribution in [-0.2, 0) is 0 Å². The van der Waals surface area contributed by atoms with Gasteiger partial charge in [0.1, 0.15) is 0 Å². The van der Waals surface area contributed by atoms with Crippen LogP contribution in [0.25, 0.3) is 0 Å². The molecule has 0 saturated heterocycles. The van der Waals surface area contributed by atoms with Crippen LogP contribution in [0.4, 0.5) is 0 Å². The molecule has 0 bridgehead atoms. The highest BCUT2D eigenvalue weighted by atomic mass is 14.7. The van der Waals surface area contributed by atoms with Gasteiger partial charge in [0.05, 0.1) is 5.84 Å². The van der Waals surface area contributed by atoms with Crippen molar-refractivity contribution in [2.75, 3.05) is 0 Å². The van der Waals surface area contributed by atoms with E-state index in [2.05, 4.69) is 6.92 Å². The highest BCUT2D eigenvalue weighted by molar-refractivity contribution is 5.79. The topological polar surface area (TPSA) is 49.9 Å². The summed E-state index contributed by atoms with van der Waals surface area (Å²) in [5, 5.41) is 7.22. The van der Waals surface area contributed by atoms with Crippen LogP contribution in [0.15, 0.2) is 0 Å². The summed E-state index contributed by atoms with van der Waals surface area (Å²) in [7, 11) is 0. The molecular weight excluding hydrogens is 160 g/mol. The minimum Gasteiger partial charge on any atom is -0.387 e. The maximum atomic E-state index is 7.22. The fourth-order valence-electron chi connectivity index (χ4n) is 1.39. The maximum Gasteiger partial charge on any atom is 0.0934 e. The van der Waals surface area contributed by atoms with Crippen LogP contribution >= 0.6 is 0 Å². The summed E-state index contributed by atoms with van der Waals surface area (Å²) in [6.07, 6.45) is 9.00. The average Bonchev–Trinajstić information content (AvgIpc) is 2.10. The summed E-state index contributed by atoms with van der Waals surface area (Å²) in [4.78, 5) is 0. The number of nitrogens with two attached hydrogens (primary N) is 1. The second-order valence-corrected chi connectivity index (χ2v) is 3.91. The fourth-order valence-corrected chi connectivity index (χ4v) is 1.39. The molecule has 78 valence electrons. The number of amidine groups is 1. The summed E-state index contributed by atoms with van der Waals surface area (Å²) >= 11 is 0. The van der Waals surface area contributed by atoms with E-state index >= 15 is 0 Å². The van der Waals surface area contributed by atoms with Gasteiger partial charge < -0.3 is 5.73 Å². The van der Waals surface area contributed by atoms with E-state index in [1.165, 1.54) is 38.5 Å². The quantitative estimate of drug-likeness (QED) is 0.339. The molecule has 2 nitrogen and oxygen atoms in total. The van der Waals surface area contributed by atoms with Crippen molar-refractivity contribution in [1.82, 2.24) is 0 Å². The van der Waals surface area contributed by atoms with Crippen LogP contribution in [0.3, 0.4) is 0 Å². The molecule has 0 saturated carbocycles.